The van der Waals surface area contributed by atoms with Crippen molar-refractivity contribution in [1.82, 2.24) is 14.9 Å². The van der Waals surface area contributed by atoms with Crippen molar-refractivity contribution in [1.29, 1.82) is 0 Å². The first-order valence-electron chi connectivity index (χ1n) is 13.2. The van der Waals surface area contributed by atoms with Gasteiger partial charge in [0.1, 0.15) is 29.1 Å². The lowest BCUT2D eigenvalue weighted by Gasteiger charge is -2.32. The van der Waals surface area contributed by atoms with E-state index in [2.05, 4.69) is 9.97 Å². The van der Waals surface area contributed by atoms with Crippen LogP contribution in [0.1, 0.15) is 44.8 Å². The van der Waals surface area contributed by atoms with Gasteiger partial charge in [-0.1, -0.05) is 23.8 Å². The maximum atomic E-state index is 13.0. The Morgan fingerprint density at radius 3 is 2.14 bits per heavy atom. The summed E-state index contributed by atoms with van der Waals surface area (Å²) in [5, 5.41) is 0. The van der Waals surface area contributed by atoms with Crippen molar-refractivity contribution >= 4 is 23.3 Å². The van der Waals surface area contributed by atoms with Crippen LogP contribution >= 0.6 is 0 Å². The molecule has 3 heterocycles. The van der Waals surface area contributed by atoms with E-state index < -0.39 is 11.6 Å². The first-order valence-corrected chi connectivity index (χ1v) is 13.8. The first kappa shape index (κ1) is 30.2. The molecule has 11 heteroatoms. The van der Waals surface area contributed by atoms with Gasteiger partial charge in [0, 0.05) is 56.4 Å². The number of pyridine rings is 2. The van der Waals surface area contributed by atoms with Crippen LogP contribution in [0.5, 0.6) is 17.4 Å². The molecule has 1 aliphatic rings. The number of amides is 1. The van der Waals surface area contributed by atoms with Gasteiger partial charge in [-0.05, 0) is 61.0 Å². The van der Waals surface area contributed by atoms with E-state index in [-0.39, 0.29) is 30.0 Å². The van der Waals surface area contributed by atoms with Gasteiger partial charge in [0.2, 0.25) is 5.88 Å². The highest BCUT2D eigenvalue weighted by atomic mass is 32.1. The fraction of sp³-hybridized carbons (Fsp3) is 0.226. The molecule has 1 amide bonds. The van der Waals surface area contributed by atoms with Crippen LogP contribution in [-0.4, -0.2) is 54.2 Å². The molecule has 1 saturated heterocycles. The third kappa shape index (κ3) is 8.61. The number of ether oxygens (including phenoxy) is 2. The lowest BCUT2D eigenvalue weighted by molar-refractivity contribution is 0.0589. The molecule has 0 radical (unpaired) electrons. The maximum absolute atomic E-state index is 13.0. The predicted octanol–water partition coefficient (Wildman–Crippen LogP) is 5.16. The summed E-state index contributed by atoms with van der Waals surface area (Å²) >= 11 is -0.750. The number of likely N-dealkylation sites (tertiary alicyclic amines) is 1. The number of hydrogen-bond donors (Lipinski definition) is 0. The first-order chi connectivity index (χ1) is 20.3. The highest BCUT2D eigenvalue weighted by Gasteiger charge is 2.25. The molecule has 2 aromatic carbocycles. The molecule has 1 fully saturated rings. The van der Waals surface area contributed by atoms with Gasteiger partial charge < -0.3 is 14.4 Å². The summed E-state index contributed by atoms with van der Waals surface area (Å²) in [7, 11) is 0. The second kappa shape index (κ2) is 14.7. The number of Topliss-reactive ketones (excluding diaryl/α,β-unsaturated/α-hetero) is 1. The third-order valence-corrected chi connectivity index (χ3v) is 6.56. The molecule has 42 heavy (non-hydrogen) atoms. The lowest BCUT2D eigenvalue weighted by atomic mass is 10.0. The molecule has 0 atom stereocenters. The zero-order chi connectivity index (χ0) is 29.9. The largest absolute Gasteiger partial charge is 0.490 e. The normalized spacial score (nSPS) is 13.0. The zero-order valence-electron chi connectivity index (χ0n) is 22.8. The van der Waals surface area contributed by atoms with Gasteiger partial charge in [-0.2, -0.15) is 8.42 Å². The van der Waals surface area contributed by atoms with Gasteiger partial charge in [-0.3, -0.25) is 14.6 Å². The molecule has 5 rings (SSSR count). The number of hydrogen-bond acceptors (Lipinski definition) is 8. The minimum absolute atomic E-state index is 0.0720. The Balaban J connectivity index is 0.00000129. The summed E-state index contributed by atoms with van der Waals surface area (Å²) in [6.07, 6.45) is 4.71. The van der Waals surface area contributed by atoms with Crippen LogP contribution in [0.25, 0.3) is 0 Å². The van der Waals surface area contributed by atoms with Crippen molar-refractivity contribution in [2.45, 2.75) is 32.3 Å². The fourth-order valence-electron chi connectivity index (χ4n) is 4.32. The number of aromatic nitrogens is 2. The predicted molar refractivity (Wildman–Crippen MR) is 153 cm³/mol. The van der Waals surface area contributed by atoms with Crippen molar-refractivity contribution in [3.63, 3.8) is 0 Å². The number of benzene rings is 2. The Morgan fingerprint density at radius 1 is 0.881 bits per heavy atom. The van der Waals surface area contributed by atoms with Gasteiger partial charge in [0.15, 0.2) is 5.78 Å². The van der Waals surface area contributed by atoms with E-state index in [9.17, 15) is 14.0 Å². The van der Waals surface area contributed by atoms with Crippen molar-refractivity contribution < 1.29 is 31.9 Å². The Kier molecular flexibility index (Phi) is 10.6. The second-order valence-corrected chi connectivity index (χ2v) is 9.72. The van der Waals surface area contributed by atoms with Crippen LogP contribution in [0.15, 0.2) is 85.2 Å². The third-order valence-electron chi connectivity index (χ3n) is 6.56. The van der Waals surface area contributed by atoms with Crippen LogP contribution < -0.4 is 9.47 Å². The minimum Gasteiger partial charge on any atom is -0.490 e. The van der Waals surface area contributed by atoms with E-state index in [1.165, 1.54) is 36.0 Å². The van der Waals surface area contributed by atoms with Crippen LogP contribution in [0.2, 0.25) is 0 Å². The van der Waals surface area contributed by atoms with Crippen LogP contribution in [0.3, 0.4) is 0 Å². The molecular weight excluding hydrogens is 561 g/mol. The molecule has 2 aromatic heterocycles. The fourth-order valence-corrected chi connectivity index (χ4v) is 4.32. The average molecular weight is 590 g/mol. The zero-order valence-corrected chi connectivity index (χ0v) is 23.6. The molecule has 0 saturated carbocycles. The number of carbonyl (C=O) groups is 2. The summed E-state index contributed by atoms with van der Waals surface area (Å²) in [5.41, 5.74) is 2.63. The van der Waals surface area contributed by atoms with Crippen LogP contribution in [0, 0.1) is 12.7 Å². The highest BCUT2D eigenvalue weighted by molar-refractivity contribution is 7.51. The summed E-state index contributed by atoms with van der Waals surface area (Å²) in [6.45, 7) is 3.22. The van der Waals surface area contributed by atoms with E-state index in [1.54, 1.807) is 35.4 Å². The summed E-state index contributed by atoms with van der Waals surface area (Å²) < 4.78 is 41.3. The minimum atomic E-state index is -0.750. The Hall–Kier alpha value is -4.77. The van der Waals surface area contributed by atoms with Gasteiger partial charge in [-0.15, -0.1) is 0 Å². The number of rotatable bonds is 8. The van der Waals surface area contributed by atoms with E-state index in [4.69, 9.17) is 17.9 Å². The van der Waals surface area contributed by atoms with E-state index in [0.29, 0.717) is 41.5 Å². The van der Waals surface area contributed by atoms with Gasteiger partial charge >= 0.3 is 11.6 Å². The Morgan fingerprint density at radius 2 is 1.55 bits per heavy atom. The summed E-state index contributed by atoms with van der Waals surface area (Å²) in [5.74, 6) is 1.02. The van der Waals surface area contributed by atoms with Gasteiger partial charge in [0.05, 0.1) is 0 Å². The van der Waals surface area contributed by atoms with Crippen molar-refractivity contribution in [2.24, 2.45) is 0 Å². The molecule has 0 aliphatic carbocycles. The number of carbonyl (C=O) groups excluding carboxylic acids is 2. The number of halogens is 1. The quantitative estimate of drug-likeness (QED) is 0.259. The number of piperidine rings is 1. The Bertz CT molecular complexity index is 1520. The smallest absolute Gasteiger partial charge is 0.335 e. The standard InChI is InChI=1S/C31H28FN3O4.O2S/c1-21-2-8-25(9-3-21)38-27-14-16-35(17-15-27)31(37)28-12-5-23(20-33-28)29(36)18-22-4-13-30(34-19-22)39-26-10-6-24(32)7-11-26;1-3-2/h2-13,19-20,27H,14-18H2,1H3;. The molecule has 216 valence electrons. The average Bonchev–Trinajstić information content (AvgIpc) is 3.01. The molecule has 0 bridgehead atoms. The van der Waals surface area contributed by atoms with Crippen molar-refractivity contribution in [2.75, 3.05) is 13.1 Å². The number of aryl methyl sites for hydroxylation is 1. The summed E-state index contributed by atoms with van der Waals surface area (Å²) in [4.78, 5) is 36.0. The van der Waals surface area contributed by atoms with E-state index in [1.807, 2.05) is 31.2 Å². The summed E-state index contributed by atoms with van der Waals surface area (Å²) in [6, 6.07) is 20.3. The van der Waals surface area contributed by atoms with Crippen molar-refractivity contribution in [3.8, 4) is 17.4 Å². The van der Waals surface area contributed by atoms with Crippen LogP contribution in [0.4, 0.5) is 4.39 Å². The van der Waals surface area contributed by atoms with Crippen LogP contribution in [-0.2, 0) is 18.0 Å². The monoisotopic (exact) mass is 589 g/mol. The lowest BCUT2D eigenvalue weighted by Crippen LogP contribution is -2.42. The van der Waals surface area contributed by atoms with Crippen molar-refractivity contribution in [3.05, 3.63) is 113 Å². The Labute approximate surface area is 245 Å². The van der Waals surface area contributed by atoms with Gasteiger partial charge in [-0.25, -0.2) is 9.37 Å². The molecule has 4 aromatic rings. The van der Waals surface area contributed by atoms with Gasteiger partial charge in [0.25, 0.3) is 5.91 Å². The highest BCUT2D eigenvalue weighted by Crippen LogP contribution is 2.22. The number of nitrogens with zero attached hydrogens (tertiary/aromatic N) is 3. The molecule has 0 unspecified atom stereocenters. The second-order valence-electron chi connectivity index (χ2n) is 9.58. The topological polar surface area (TPSA) is 116 Å². The molecule has 0 N–H and O–H groups in total. The number of ketones is 1. The molecule has 0 spiro atoms. The molecular formula is C31H28FN3O6S. The SMILES string of the molecule is Cc1ccc(OC2CCN(C(=O)c3ccc(C(=O)Cc4ccc(Oc5ccc(F)cc5)nc4)cn3)CC2)cc1.O=S=O. The molecule has 1 aliphatic heterocycles. The van der Waals surface area contributed by atoms with E-state index >= 15 is 0 Å². The maximum Gasteiger partial charge on any atom is 0.335 e. The molecule has 9 nitrogen and oxygen atoms in total. The van der Waals surface area contributed by atoms with E-state index in [0.717, 1.165) is 18.6 Å².